The van der Waals surface area contributed by atoms with Crippen molar-refractivity contribution in [3.8, 4) is 17.1 Å². The Bertz CT molecular complexity index is 1180. The van der Waals surface area contributed by atoms with Gasteiger partial charge >= 0.3 is 0 Å². The first-order valence-electron chi connectivity index (χ1n) is 9.43. The number of hydrogen-bond acceptors (Lipinski definition) is 5. The maximum atomic E-state index is 13.2. The molecule has 4 rings (SSSR count). The van der Waals surface area contributed by atoms with E-state index in [1.54, 1.807) is 12.4 Å². The van der Waals surface area contributed by atoms with Crippen molar-refractivity contribution in [2.75, 3.05) is 0 Å². The largest absolute Gasteiger partial charge is 0.293 e. The molecule has 0 aliphatic carbocycles. The Labute approximate surface area is 178 Å². The summed E-state index contributed by atoms with van der Waals surface area (Å²) in [4.78, 5) is 16.9. The molecule has 5 nitrogen and oxygen atoms in total. The van der Waals surface area contributed by atoms with Crippen LogP contribution in [0.2, 0.25) is 0 Å². The number of nitrogens with zero attached hydrogens (tertiary/aromatic N) is 4. The summed E-state index contributed by atoms with van der Waals surface area (Å²) in [5.74, 6) is 0.216. The zero-order valence-electron chi connectivity index (χ0n) is 16.5. The van der Waals surface area contributed by atoms with Gasteiger partial charge in [-0.15, -0.1) is 10.2 Å². The molecule has 0 aliphatic heterocycles. The highest BCUT2D eigenvalue weighted by Crippen LogP contribution is 2.32. The van der Waals surface area contributed by atoms with E-state index in [2.05, 4.69) is 15.2 Å². The third kappa shape index (κ3) is 4.02. The van der Waals surface area contributed by atoms with Crippen LogP contribution in [0.15, 0.2) is 78.2 Å². The highest BCUT2D eigenvalue weighted by atomic mass is 32.2. The quantitative estimate of drug-likeness (QED) is 0.320. The molecule has 0 aliphatic rings. The Morgan fingerprint density at radius 2 is 1.70 bits per heavy atom. The normalized spacial score (nSPS) is 12.0. The Kier molecular flexibility index (Phi) is 5.72. The molecule has 4 aromatic rings. The van der Waals surface area contributed by atoms with Gasteiger partial charge < -0.3 is 0 Å². The number of ketones is 1. The summed E-state index contributed by atoms with van der Waals surface area (Å²) < 4.78 is 15.2. The first kappa shape index (κ1) is 20.0. The second-order valence-corrected chi connectivity index (χ2v) is 8.10. The zero-order chi connectivity index (χ0) is 21.1. The van der Waals surface area contributed by atoms with Crippen LogP contribution in [-0.2, 0) is 0 Å². The lowest BCUT2D eigenvalue weighted by molar-refractivity contribution is 0.0994. The van der Waals surface area contributed by atoms with Crippen molar-refractivity contribution in [2.45, 2.75) is 24.3 Å². The van der Waals surface area contributed by atoms with Crippen LogP contribution in [0.5, 0.6) is 0 Å². The fraction of sp³-hybridized carbons (Fsp3) is 0.130. The number of hydrogen-bond donors (Lipinski definition) is 0. The molecule has 1 atom stereocenters. The van der Waals surface area contributed by atoms with Crippen molar-refractivity contribution in [1.82, 2.24) is 19.7 Å². The van der Waals surface area contributed by atoms with Gasteiger partial charge in [0, 0.05) is 23.5 Å². The summed E-state index contributed by atoms with van der Waals surface area (Å²) in [5.41, 5.74) is 3.35. The third-order valence-corrected chi connectivity index (χ3v) is 5.75. The Balaban J connectivity index is 1.73. The molecule has 2 aromatic heterocycles. The van der Waals surface area contributed by atoms with E-state index < -0.39 is 5.25 Å². The molecule has 0 amide bonds. The van der Waals surface area contributed by atoms with Crippen LogP contribution in [0.1, 0.15) is 22.8 Å². The number of Topliss-reactive ketones (excluding diaryl/α,β-unsaturated/α-hetero) is 1. The number of halogens is 1. The van der Waals surface area contributed by atoms with Gasteiger partial charge in [-0.1, -0.05) is 30.0 Å². The van der Waals surface area contributed by atoms with Gasteiger partial charge in [0.15, 0.2) is 16.8 Å². The SMILES string of the molecule is Cc1ccccc1-n1c(SC(C)C(=O)c2ccc(F)cc2)nnc1-c1ccncc1. The monoisotopic (exact) mass is 418 g/mol. The summed E-state index contributed by atoms with van der Waals surface area (Å²) >= 11 is 1.33. The van der Waals surface area contributed by atoms with Crippen LogP contribution in [0.3, 0.4) is 0 Å². The number of rotatable bonds is 6. The van der Waals surface area contributed by atoms with Crippen molar-refractivity contribution < 1.29 is 9.18 Å². The molecule has 0 radical (unpaired) electrons. The predicted octanol–water partition coefficient (Wildman–Crippen LogP) is 5.14. The van der Waals surface area contributed by atoms with Crippen molar-refractivity contribution in [1.29, 1.82) is 0 Å². The second-order valence-electron chi connectivity index (χ2n) is 6.80. The molecule has 150 valence electrons. The first-order chi connectivity index (χ1) is 14.5. The van der Waals surface area contributed by atoms with Crippen LogP contribution < -0.4 is 0 Å². The molecule has 0 N–H and O–H groups in total. The molecule has 30 heavy (non-hydrogen) atoms. The minimum absolute atomic E-state index is 0.0928. The lowest BCUT2D eigenvalue weighted by Crippen LogP contribution is -2.15. The van der Waals surface area contributed by atoms with E-state index in [-0.39, 0.29) is 11.6 Å². The van der Waals surface area contributed by atoms with Crippen LogP contribution >= 0.6 is 11.8 Å². The van der Waals surface area contributed by atoms with E-state index in [9.17, 15) is 9.18 Å². The molecule has 0 saturated heterocycles. The van der Waals surface area contributed by atoms with Crippen LogP contribution in [0, 0.1) is 12.7 Å². The van der Waals surface area contributed by atoms with E-state index in [1.165, 1.54) is 36.0 Å². The highest BCUT2D eigenvalue weighted by Gasteiger charge is 2.23. The summed E-state index contributed by atoms with van der Waals surface area (Å²) in [7, 11) is 0. The average Bonchev–Trinajstić information content (AvgIpc) is 3.18. The van der Waals surface area contributed by atoms with Gasteiger partial charge in [0.2, 0.25) is 0 Å². The number of benzene rings is 2. The molecular weight excluding hydrogens is 399 g/mol. The summed E-state index contributed by atoms with van der Waals surface area (Å²) in [6.45, 7) is 3.84. The Hall–Kier alpha value is -3.32. The average molecular weight is 418 g/mol. The number of carbonyl (C=O) groups excluding carboxylic acids is 1. The second kappa shape index (κ2) is 8.59. The minimum atomic E-state index is -0.423. The summed E-state index contributed by atoms with van der Waals surface area (Å²) in [5, 5.41) is 8.97. The van der Waals surface area contributed by atoms with Crippen molar-refractivity contribution in [3.05, 3.63) is 90.0 Å². The first-order valence-corrected chi connectivity index (χ1v) is 10.3. The van der Waals surface area contributed by atoms with Gasteiger partial charge in [-0.25, -0.2) is 4.39 Å². The van der Waals surface area contributed by atoms with E-state index in [0.29, 0.717) is 16.5 Å². The van der Waals surface area contributed by atoms with Gasteiger partial charge in [0.05, 0.1) is 10.9 Å². The third-order valence-electron chi connectivity index (χ3n) is 4.71. The number of para-hydroxylation sites is 1. The van der Waals surface area contributed by atoms with Gasteiger partial charge in [-0.05, 0) is 61.9 Å². The molecule has 1 unspecified atom stereocenters. The van der Waals surface area contributed by atoms with Crippen LogP contribution in [0.4, 0.5) is 4.39 Å². The lowest BCUT2D eigenvalue weighted by atomic mass is 10.1. The molecule has 0 spiro atoms. The molecular formula is C23H19FN4OS. The van der Waals surface area contributed by atoms with Crippen LogP contribution in [0.25, 0.3) is 17.1 Å². The summed E-state index contributed by atoms with van der Waals surface area (Å²) in [6.07, 6.45) is 3.42. The van der Waals surface area contributed by atoms with Crippen molar-refractivity contribution in [2.24, 2.45) is 0 Å². The predicted molar refractivity (Wildman–Crippen MR) is 115 cm³/mol. The fourth-order valence-corrected chi connectivity index (χ4v) is 4.06. The molecule has 2 heterocycles. The van der Waals surface area contributed by atoms with E-state index in [1.807, 2.05) is 54.8 Å². The number of aromatic nitrogens is 4. The summed E-state index contributed by atoms with van der Waals surface area (Å²) in [6, 6.07) is 17.3. The number of thioether (sulfide) groups is 1. The highest BCUT2D eigenvalue weighted by molar-refractivity contribution is 8.00. The maximum absolute atomic E-state index is 13.2. The molecule has 7 heteroatoms. The Morgan fingerprint density at radius 3 is 2.40 bits per heavy atom. The molecule has 0 bridgehead atoms. The molecule has 0 fully saturated rings. The van der Waals surface area contributed by atoms with E-state index in [0.717, 1.165) is 16.8 Å². The Morgan fingerprint density at radius 1 is 1.00 bits per heavy atom. The fourth-order valence-electron chi connectivity index (χ4n) is 3.13. The molecule has 0 saturated carbocycles. The minimum Gasteiger partial charge on any atom is -0.293 e. The van der Waals surface area contributed by atoms with Gasteiger partial charge in [-0.3, -0.25) is 14.3 Å². The van der Waals surface area contributed by atoms with E-state index >= 15 is 0 Å². The van der Waals surface area contributed by atoms with Crippen LogP contribution in [-0.4, -0.2) is 30.8 Å². The number of aryl methyl sites for hydroxylation is 1. The standard InChI is InChI=1S/C23H19FN4OS/c1-15-5-3-4-6-20(15)28-22(18-11-13-25-14-12-18)26-27-23(28)30-16(2)21(29)17-7-9-19(24)10-8-17/h3-14,16H,1-2H3. The number of carbonyl (C=O) groups is 1. The zero-order valence-corrected chi connectivity index (χ0v) is 17.3. The van der Waals surface area contributed by atoms with Gasteiger partial charge in [-0.2, -0.15) is 0 Å². The van der Waals surface area contributed by atoms with Crippen molar-refractivity contribution in [3.63, 3.8) is 0 Å². The topological polar surface area (TPSA) is 60.7 Å². The van der Waals surface area contributed by atoms with Crippen molar-refractivity contribution >= 4 is 17.5 Å². The lowest BCUT2D eigenvalue weighted by Gasteiger charge is -2.15. The van der Waals surface area contributed by atoms with Gasteiger partial charge in [0.1, 0.15) is 5.82 Å². The maximum Gasteiger partial charge on any atom is 0.196 e. The smallest absolute Gasteiger partial charge is 0.196 e. The van der Waals surface area contributed by atoms with E-state index in [4.69, 9.17) is 0 Å². The molecule has 2 aromatic carbocycles. The number of pyridine rings is 1. The van der Waals surface area contributed by atoms with Gasteiger partial charge in [0.25, 0.3) is 0 Å².